The minimum atomic E-state index is 0.0296. The maximum absolute atomic E-state index is 12.2. The van der Waals surface area contributed by atoms with Gasteiger partial charge in [-0.15, -0.1) is 11.3 Å². The first-order chi connectivity index (χ1) is 9.72. The third kappa shape index (κ3) is 4.09. The van der Waals surface area contributed by atoms with Crippen molar-refractivity contribution in [2.75, 3.05) is 6.54 Å². The normalized spacial score (nSPS) is 21.9. The molecule has 1 amide bonds. The van der Waals surface area contributed by atoms with Gasteiger partial charge in [0.2, 0.25) is 0 Å². The van der Waals surface area contributed by atoms with Crippen LogP contribution < -0.4 is 11.1 Å². The highest BCUT2D eigenvalue weighted by Gasteiger charge is 2.21. The zero-order valence-electron chi connectivity index (χ0n) is 11.9. The Balaban J connectivity index is 1.87. The van der Waals surface area contributed by atoms with Crippen LogP contribution in [0.1, 0.15) is 54.3 Å². The van der Waals surface area contributed by atoms with E-state index in [4.69, 9.17) is 5.73 Å². The number of nitrogens with one attached hydrogen (secondary N) is 1. The van der Waals surface area contributed by atoms with E-state index in [9.17, 15) is 4.79 Å². The summed E-state index contributed by atoms with van der Waals surface area (Å²) in [5.41, 5.74) is 6.06. The monoisotopic (exact) mass is 290 g/mol. The lowest BCUT2D eigenvalue weighted by Gasteiger charge is -2.28. The van der Waals surface area contributed by atoms with E-state index in [1.54, 1.807) is 0 Å². The molecule has 0 aliphatic heterocycles. The molecule has 2 rings (SSSR count). The van der Waals surface area contributed by atoms with Crippen molar-refractivity contribution in [1.29, 1.82) is 0 Å². The lowest BCUT2D eigenvalue weighted by molar-refractivity contribution is 0.0922. The lowest BCUT2D eigenvalue weighted by Crippen LogP contribution is -2.37. The number of carbonyl (C=O) groups excluding carboxylic acids is 1. The topological polar surface area (TPSA) is 55.1 Å². The summed E-state index contributed by atoms with van der Waals surface area (Å²) in [7, 11) is 0. The van der Waals surface area contributed by atoms with E-state index in [0.29, 0.717) is 18.2 Å². The van der Waals surface area contributed by atoms with Gasteiger partial charge in [0.05, 0.1) is 17.0 Å². The van der Waals surface area contributed by atoms with Gasteiger partial charge in [-0.2, -0.15) is 0 Å². The summed E-state index contributed by atoms with van der Waals surface area (Å²) in [6.45, 7) is 2.60. The molecule has 1 heterocycles. The minimum Gasteiger partial charge on any atom is -0.349 e. The zero-order chi connectivity index (χ0) is 14.4. The van der Waals surface area contributed by atoms with Crippen molar-refractivity contribution in [2.24, 2.45) is 11.7 Å². The van der Waals surface area contributed by atoms with Gasteiger partial charge in [0.1, 0.15) is 0 Å². The van der Waals surface area contributed by atoms with Crippen molar-refractivity contribution >= 4 is 17.2 Å². The van der Waals surface area contributed by atoms with E-state index in [0.717, 1.165) is 23.6 Å². The summed E-state index contributed by atoms with van der Waals surface area (Å²) in [6.07, 6.45) is 5.94. The van der Waals surface area contributed by atoms with Crippen molar-refractivity contribution < 1.29 is 4.79 Å². The second kappa shape index (κ2) is 7.47. The molecule has 0 aromatic carbocycles. The average Bonchev–Trinajstić information content (AvgIpc) is 2.95. The highest BCUT2D eigenvalue weighted by Crippen LogP contribution is 2.26. The van der Waals surface area contributed by atoms with Gasteiger partial charge < -0.3 is 11.1 Å². The molecular formula is C16H22N2OS. The van der Waals surface area contributed by atoms with Gasteiger partial charge in [0.25, 0.3) is 5.91 Å². The molecule has 0 atom stereocenters. The first kappa shape index (κ1) is 15.1. The fourth-order valence-electron chi connectivity index (χ4n) is 2.64. The molecule has 3 N–H and O–H groups in total. The van der Waals surface area contributed by atoms with Crippen LogP contribution >= 0.6 is 11.3 Å². The Morgan fingerprint density at radius 1 is 1.45 bits per heavy atom. The van der Waals surface area contributed by atoms with Gasteiger partial charge in [-0.1, -0.05) is 25.2 Å². The Hall–Kier alpha value is -1.31. The van der Waals surface area contributed by atoms with Gasteiger partial charge >= 0.3 is 0 Å². The van der Waals surface area contributed by atoms with Crippen LogP contribution in [-0.2, 0) is 0 Å². The molecule has 0 spiro atoms. The van der Waals surface area contributed by atoms with E-state index < -0.39 is 0 Å². The fraction of sp³-hybridized carbons (Fsp3) is 0.562. The predicted molar refractivity (Wildman–Crippen MR) is 83.8 cm³/mol. The average molecular weight is 290 g/mol. The van der Waals surface area contributed by atoms with Crippen LogP contribution in [0.4, 0.5) is 0 Å². The summed E-state index contributed by atoms with van der Waals surface area (Å²) in [6, 6.07) is 2.18. The van der Waals surface area contributed by atoms with Gasteiger partial charge in [-0.05, 0) is 37.7 Å². The van der Waals surface area contributed by atoms with Crippen LogP contribution in [0.3, 0.4) is 0 Å². The third-order valence-corrected chi connectivity index (χ3v) is 4.78. The summed E-state index contributed by atoms with van der Waals surface area (Å²) >= 11 is 1.49. The Morgan fingerprint density at radius 3 is 2.85 bits per heavy atom. The Bertz CT molecular complexity index is 504. The Morgan fingerprint density at radius 2 is 2.20 bits per heavy atom. The first-order valence-electron chi connectivity index (χ1n) is 7.31. The highest BCUT2D eigenvalue weighted by atomic mass is 32.1. The molecule has 1 aromatic rings. The summed E-state index contributed by atoms with van der Waals surface area (Å²) in [4.78, 5) is 13.1. The van der Waals surface area contributed by atoms with Crippen molar-refractivity contribution in [1.82, 2.24) is 5.32 Å². The Kier molecular flexibility index (Phi) is 5.63. The molecule has 1 saturated carbocycles. The minimum absolute atomic E-state index is 0.0296. The summed E-state index contributed by atoms with van der Waals surface area (Å²) < 4.78 is 0. The van der Waals surface area contributed by atoms with E-state index >= 15 is 0 Å². The lowest BCUT2D eigenvalue weighted by atomic mass is 9.84. The van der Waals surface area contributed by atoms with Crippen molar-refractivity contribution in [2.45, 2.75) is 45.1 Å². The van der Waals surface area contributed by atoms with Crippen LogP contribution in [0.2, 0.25) is 0 Å². The molecule has 1 aliphatic carbocycles. The SMILES string of the molecule is CCC1CCC(NC(=O)c2csc(C#CCN)c2)CC1. The van der Waals surface area contributed by atoms with Crippen molar-refractivity contribution in [3.05, 3.63) is 21.9 Å². The maximum atomic E-state index is 12.2. The molecule has 0 saturated heterocycles. The van der Waals surface area contributed by atoms with E-state index in [1.165, 1.54) is 30.6 Å². The fourth-order valence-corrected chi connectivity index (χ4v) is 3.40. The quantitative estimate of drug-likeness (QED) is 0.841. The smallest absolute Gasteiger partial charge is 0.252 e. The molecular weight excluding hydrogens is 268 g/mol. The molecule has 0 bridgehead atoms. The molecule has 1 fully saturated rings. The Labute approximate surface area is 124 Å². The number of rotatable bonds is 3. The molecule has 4 heteroatoms. The standard InChI is InChI=1S/C16H22N2OS/c1-2-12-5-7-14(8-6-12)18-16(19)13-10-15(20-11-13)4-3-9-17/h10-12,14H,2,5-9,17H2,1H3,(H,18,19). The number of carbonyl (C=O) groups is 1. The van der Waals surface area contributed by atoms with Crippen LogP contribution in [0.15, 0.2) is 11.4 Å². The predicted octanol–water partition coefficient (Wildman–Crippen LogP) is 2.76. The van der Waals surface area contributed by atoms with Gasteiger partial charge in [-0.3, -0.25) is 4.79 Å². The number of nitrogens with two attached hydrogens (primary N) is 1. The summed E-state index contributed by atoms with van der Waals surface area (Å²) in [5, 5.41) is 5.01. The van der Waals surface area contributed by atoms with Crippen molar-refractivity contribution in [3.63, 3.8) is 0 Å². The molecule has 0 radical (unpaired) electrons. The van der Waals surface area contributed by atoms with Crippen LogP contribution in [-0.4, -0.2) is 18.5 Å². The number of amides is 1. The molecule has 0 unspecified atom stereocenters. The second-order valence-corrected chi connectivity index (χ2v) is 6.22. The zero-order valence-corrected chi connectivity index (χ0v) is 12.8. The van der Waals surface area contributed by atoms with E-state index in [1.807, 2.05) is 11.4 Å². The highest BCUT2D eigenvalue weighted by molar-refractivity contribution is 7.10. The number of thiophene rings is 1. The first-order valence-corrected chi connectivity index (χ1v) is 8.19. The summed E-state index contributed by atoms with van der Waals surface area (Å²) in [5.74, 6) is 6.65. The molecule has 108 valence electrons. The van der Waals surface area contributed by atoms with E-state index in [2.05, 4.69) is 24.1 Å². The van der Waals surface area contributed by atoms with Gasteiger partial charge in [0, 0.05) is 11.4 Å². The van der Waals surface area contributed by atoms with Crippen molar-refractivity contribution in [3.8, 4) is 11.8 Å². The number of hydrogen-bond donors (Lipinski definition) is 2. The van der Waals surface area contributed by atoms with Gasteiger partial charge in [0.15, 0.2) is 0 Å². The van der Waals surface area contributed by atoms with E-state index in [-0.39, 0.29) is 5.91 Å². The third-order valence-electron chi connectivity index (χ3n) is 3.93. The second-order valence-electron chi connectivity index (χ2n) is 5.30. The molecule has 1 aliphatic rings. The number of hydrogen-bond acceptors (Lipinski definition) is 3. The molecule has 20 heavy (non-hydrogen) atoms. The molecule has 3 nitrogen and oxygen atoms in total. The maximum Gasteiger partial charge on any atom is 0.252 e. The molecule has 1 aromatic heterocycles. The van der Waals surface area contributed by atoms with Crippen LogP contribution in [0, 0.1) is 17.8 Å². The van der Waals surface area contributed by atoms with Crippen LogP contribution in [0.25, 0.3) is 0 Å². The van der Waals surface area contributed by atoms with Gasteiger partial charge in [-0.25, -0.2) is 0 Å². The largest absolute Gasteiger partial charge is 0.349 e. The van der Waals surface area contributed by atoms with Crippen LogP contribution in [0.5, 0.6) is 0 Å².